The van der Waals surface area contributed by atoms with Gasteiger partial charge in [-0.25, -0.2) is 9.97 Å². The zero-order chi connectivity index (χ0) is 22.1. The summed E-state index contributed by atoms with van der Waals surface area (Å²) >= 11 is 0. The Hall–Kier alpha value is -2.70. The second-order valence-corrected chi connectivity index (χ2v) is 9.16. The molecule has 0 radical (unpaired) electrons. The lowest BCUT2D eigenvalue weighted by Gasteiger charge is -2.14. The van der Waals surface area contributed by atoms with E-state index in [1.54, 1.807) is 0 Å². The summed E-state index contributed by atoms with van der Waals surface area (Å²) < 4.78 is 2.28. The SMILES string of the molecule is CCc1nc2c(C)cc(C)nc2n1Cc1ccc2[nH]c(CNCCN3CCCC3)cc2c1. The molecule has 1 aliphatic heterocycles. The van der Waals surface area contributed by atoms with E-state index in [-0.39, 0.29) is 0 Å². The number of likely N-dealkylation sites (tertiary alicyclic amines) is 1. The van der Waals surface area contributed by atoms with Gasteiger partial charge in [0.25, 0.3) is 0 Å². The van der Waals surface area contributed by atoms with Crippen molar-refractivity contribution in [2.75, 3.05) is 26.2 Å². The molecule has 1 aliphatic rings. The van der Waals surface area contributed by atoms with Crippen molar-refractivity contribution >= 4 is 22.1 Å². The van der Waals surface area contributed by atoms with Gasteiger partial charge in [0.2, 0.25) is 0 Å². The smallest absolute Gasteiger partial charge is 0.160 e. The summed E-state index contributed by atoms with van der Waals surface area (Å²) in [4.78, 5) is 15.8. The molecule has 0 saturated carbocycles. The summed E-state index contributed by atoms with van der Waals surface area (Å²) in [6.45, 7) is 12.7. The number of pyridine rings is 1. The number of imidazole rings is 1. The maximum Gasteiger partial charge on any atom is 0.160 e. The molecule has 0 unspecified atom stereocenters. The molecule has 168 valence electrons. The van der Waals surface area contributed by atoms with E-state index in [4.69, 9.17) is 9.97 Å². The van der Waals surface area contributed by atoms with E-state index < -0.39 is 0 Å². The lowest BCUT2D eigenvalue weighted by Crippen LogP contribution is -2.29. The molecule has 4 aromatic rings. The van der Waals surface area contributed by atoms with E-state index in [0.29, 0.717) is 0 Å². The number of rotatable bonds is 8. The molecule has 4 heterocycles. The van der Waals surface area contributed by atoms with Crippen LogP contribution in [0.15, 0.2) is 30.3 Å². The summed E-state index contributed by atoms with van der Waals surface area (Å²) in [7, 11) is 0. The van der Waals surface area contributed by atoms with Gasteiger partial charge < -0.3 is 19.8 Å². The first-order valence-corrected chi connectivity index (χ1v) is 12.0. The average Bonchev–Trinajstić information content (AvgIpc) is 3.50. The molecule has 32 heavy (non-hydrogen) atoms. The number of nitrogens with one attached hydrogen (secondary N) is 2. The quantitative estimate of drug-likeness (QED) is 0.409. The molecule has 1 fully saturated rings. The maximum absolute atomic E-state index is 4.89. The Morgan fingerprint density at radius 3 is 2.72 bits per heavy atom. The van der Waals surface area contributed by atoms with Crippen molar-refractivity contribution < 1.29 is 0 Å². The van der Waals surface area contributed by atoms with Crippen molar-refractivity contribution in [1.82, 2.24) is 29.7 Å². The summed E-state index contributed by atoms with van der Waals surface area (Å²) in [6.07, 6.45) is 3.61. The first-order chi connectivity index (χ1) is 15.6. The van der Waals surface area contributed by atoms with Gasteiger partial charge >= 0.3 is 0 Å². The largest absolute Gasteiger partial charge is 0.357 e. The minimum Gasteiger partial charge on any atom is -0.357 e. The van der Waals surface area contributed by atoms with Crippen molar-refractivity contribution in [3.05, 3.63) is 58.7 Å². The predicted molar refractivity (Wildman–Crippen MR) is 131 cm³/mol. The number of hydrogen-bond donors (Lipinski definition) is 2. The van der Waals surface area contributed by atoms with Crippen molar-refractivity contribution in [3.63, 3.8) is 0 Å². The van der Waals surface area contributed by atoms with Crippen LogP contribution in [0.1, 0.15) is 48.1 Å². The number of aromatic nitrogens is 4. The standard InChI is InChI=1S/C26H34N6/c1-4-24-30-25-18(2)13-19(3)28-26(25)32(24)17-20-7-8-23-21(14-20)15-22(29-23)16-27-9-12-31-10-5-6-11-31/h7-8,13-15,27,29H,4-6,9-12,16-17H2,1-3H3. The first kappa shape index (κ1) is 21.2. The van der Waals surface area contributed by atoms with Crippen molar-refractivity contribution in [2.24, 2.45) is 0 Å². The highest BCUT2D eigenvalue weighted by Crippen LogP contribution is 2.23. The van der Waals surface area contributed by atoms with Crippen LogP contribution >= 0.6 is 0 Å². The molecule has 5 rings (SSSR count). The maximum atomic E-state index is 4.89. The van der Waals surface area contributed by atoms with Crippen LogP contribution in [0.4, 0.5) is 0 Å². The molecular formula is C26H34N6. The second-order valence-electron chi connectivity index (χ2n) is 9.16. The summed E-state index contributed by atoms with van der Waals surface area (Å²) in [5.41, 5.74) is 7.98. The van der Waals surface area contributed by atoms with Crippen LogP contribution in [-0.4, -0.2) is 50.6 Å². The summed E-state index contributed by atoms with van der Waals surface area (Å²) in [6, 6.07) is 11.1. The highest BCUT2D eigenvalue weighted by molar-refractivity contribution is 5.81. The topological polar surface area (TPSA) is 61.8 Å². The fourth-order valence-corrected chi connectivity index (χ4v) is 4.97. The number of aryl methyl sites for hydroxylation is 3. The van der Waals surface area contributed by atoms with Gasteiger partial charge in [-0.15, -0.1) is 0 Å². The van der Waals surface area contributed by atoms with Gasteiger partial charge in [-0.3, -0.25) is 0 Å². The second kappa shape index (κ2) is 9.04. The Kier molecular flexibility index (Phi) is 5.98. The Morgan fingerprint density at radius 2 is 1.91 bits per heavy atom. The highest BCUT2D eigenvalue weighted by atomic mass is 15.2. The van der Waals surface area contributed by atoms with E-state index in [0.717, 1.165) is 55.3 Å². The fraction of sp³-hybridized carbons (Fsp3) is 0.462. The van der Waals surface area contributed by atoms with E-state index in [9.17, 15) is 0 Å². The third-order valence-electron chi connectivity index (χ3n) is 6.62. The van der Waals surface area contributed by atoms with E-state index in [2.05, 4.69) is 70.9 Å². The zero-order valence-corrected chi connectivity index (χ0v) is 19.5. The molecule has 2 N–H and O–H groups in total. The van der Waals surface area contributed by atoms with Crippen LogP contribution in [0, 0.1) is 13.8 Å². The average molecular weight is 431 g/mol. The van der Waals surface area contributed by atoms with Gasteiger partial charge in [-0.2, -0.15) is 0 Å². The predicted octanol–water partition coefficient (Wildman–Crippen LogP) is 4.33. The zero-order valence-electron chi connectivity index (χ0n) is 19.5. The molecule has 0 atom stereocenters. The van der Waals surface area contributed by atoms with Crippen LogP contribution in [0.2, 0.25) is 0 Å². The molecule has 0 spiro atoms. The third-order valence-corrected chi connectivity index (χ3v) is 6.62. The van der Waals surface area contributed by atoms with E-state index in [1.165, 1.54) is 53.7 Å². The van der Waals surface area contributed by atoms with Crippen molar-refractivity contribution in [3.8, 4) is 0 Å². The van der Waals surface area contributed by atoms with Gasteiger partial charge in [0.15, 0.2) is 5.65 Å². The number of fused-ring (bicyclic) bond motifs is 2. The van der Waals surface area contributed by atoms with Gasteiger partial charge in [0.1, 0.15) is 11.3 Å². The van der Waals surface area contributed by atoms with Crippen LogP contribution in [0.25, 0.3) is 22.1 Å². The monoisotopic (exact) mass is 430 g/mol. The lowest BCUT2D eigenvalue weighted by molar-refractivity contribution is 0.335. The summed E-state index contributed by atoms with van der Waals surface area (Å²) in [5.74, 6) is 1.10. The van der Waals surface area contributed by atoms with Gasteiger partial charge in [-0.1, -0.05) is 13.0 Å². The molecule has 6 nitrogen and oxygen atoms in total. The molecule has 0 bridgehead atoms. The summed E-state index contributed by atoms with van der Waals surface area (Å²) in [5, 5.41) is 4.86. The van der Waals surface area contributed by atoms with Gasteiger partial charge in [-0.05, 0) is 75.2 Å². The Bertz CT molecular complexity index is 1230. The molecule has 1 saturated heterocycles. The normalized spacial score (nSPS) is 14.8. The molecular weight excluding hydrogens is 396 g/mol. The highest BCUT2D eigenvalue weighted by Gasteiger charge is 2.14. The van der Waals surface area contributed by atoms with E-state index >= 15 is 0 Å². The van der Waals surface area contributed by atoms with Crippen LogP contribution in [0.5, 0.6) is 0 Å². The Balaban J connectivity index is 1.32. The number of aromatic amines is 1. The first-order valence-electron chi connectivity index (χ1n) is 12.0. The number of nitrogens with zero attached hydrogens (tertiary/aromatic N) is 4. The number of benzene rings is 1. The minimum atomic E-state index is 0.792. The molecule has 1 aromatic carbocycles. The van der Waals surface area contributed by atoms with Crippen LogP contribution in [0.3, 0.4) is 0 Å². The third kappa shape index (κ3) is 4.30. The number of H-pyrrole nitrogens is 1. The minimum absolute atomic E-state index is 0.792. The van der Waals surface area contributed by atoms with Gasteiger partial charge in [0.05, 0.1) is 6.54 Å². The van der Waals surface area contributed by atoms with E-state index in [1.807, 2.05) is 0 Å². The van der Waals surface area contributed by atoms with Crippen LogP contribution in [-0.2, 0) is 19.5 Å². The van der Waals surface area contributed by atoms with Crippen molar-refractivity contribution in [1.29, 1.82) is 0 Å². The molecule has 0 aliphatic carbocycles. The number of hydrogen-bond acceptors (Lipinski definition) is 4. The Labute approximate surface area is 190 Å². The fourth-order valence-electron chi connectivity index (χ4n) is 4.97. The lowest BCUT2D eigenvalue weighted by atomic mass is 10.1. The van der Waals surface area contributed by atoms with Crippen LogP contribution < -0.4 is 5.32 Å². The Morgan fingerprint density at radius 1 is 1.06 bits per heavy atom. The van der Waals surface area contributed by atoms with Gasteiger partial charge in [0, 0.05) is 48.3 Å². The molecule has 3 aromatic heterocycles. The van der Waals surface area contributed by atoms with Crippen molar-refractivity contribution in [2.45, 2.75) is 53.1 Å². The molecule has 6 heteroatoms. The molecule has 0 amide bonds.